The highest BCUT2D eigenvalue weighted by molar-refractivity contribution is 7.96. The highest BCUT2D eigenvalue weighted by Gasteiger charge is 2.36. The molecule has 0 unspecified atom stereocenters. The molecule has 1 aromatic rings. The Bertz CT molecular complexity index is 395. The molecule has 0 amide bonds. The summed E-state index contributed by atoms with van der Waals surface area (Å²) in [6, 6.07) is 2.62. The second-order valence-electron chi connectivity index (χ2n) is 3.00. The first-order valence-electron chi connectivity index (χ1n) is 4.29. The average Bonchev–Trinajstić information content (AvgIpc) is 2.69. The van der Waals surface area contributed by atoms with E-state index in [2.05, 4.69) is 4.98 Å². The van der Waals surface area contributed by atoms with Crippen LogP contribution in [0.15, 0.2) is 12.1 Å². The van der Waals surface area contributed by atoms with E-state index in [0.29, 0.717) is 13.2 Å². The molecule has 1 aromatic heterocycles. The van der Waals surface area contributed by atoms with E-state index < -0.39 is 16.9 Å². The number of nitrogens with zero attached hydrogens (tertiary/aromatic N) is 2. The van der Waals surface area contributed by atoms with Gasteiger partial charge in [0.2, 0.25) is 0 Å². The van der Waals surface area contributed by atoms with Crippen molar-refractivity contribution in [3.05, 3.63) is 22.8 Å². The molecule has 0 saturated carbocycles. The summed E-state index contributed by atoms with van der Waals surface area (Å²) in [4.78, 5) is 3.49. The van der Waals surface area contributed by atoms with E-state index in [0.717, 1.165) is 12.2 Å². The summed E-state index contributed by atoms with van der Waals surface area (Å²) in [7, 11) is 0. The maximum Gasteiger partial charge on any atom is 0.434 e. The van der Waals surface area contributed by atoms with Crippen molar-refractivity contribution in [3.8, 4) is 0 Å². The van der Waals surface area contributed by atoms with Crippen LogP contribution in [0.1, 0.15) is 5.69 Å². The summed E-state index contributed by atoms with van der Waals surface area (Å²) in [5, 5.41) is -0.402. The molecule has 0 N–H and O–H groups in total. The Labute approximate surface area is 98.9 Å². The molecule has 16 heavy (non-hydrogen) atoms. The molecule has 2 heterocycles. The van der Waals surface area contributed by atoms with Crippen molar-refractivity contribution in [2.24, 2.45) is 0 Å². The van der Waals surface area contributed by atoms with Gasteiger partial charge in [0.1, 0.15) is 18.0 Å². The predicted molar refractivity (Wildman–Crippen MR) is 55.1 cm³/mol. The summed E-state index contributed by atoms with van der Waals surface area (Å²) < 4.78 is 44.0. The summed E-state index contributed by atoms with van der Waals surface area (Å²) >= 11 is 6.43. The summed E-state index contributed by atoms with van der Waals surface area (Å²) in [6.45, 7) is 0.951. The number of hydrogen-bond acceptors (Lipinski definition) is 4. The van der Waals surface area contributed by atoms with Crippen molar-refractivity contribution in [2.45, 2.75) is 6.18 Å². The van der Waals surface area contributed by atoms with Gasteiger partial charge < -0.3 is 0 Å². The van der Waals surface area contributed by atoms with Gasteiger partial charge in [-0.3, -0.25) is 8.49 Å². The topological polar surface area (TPSA) is 25.4 Å². The molecule has 0 radical (unpaired) electrons. The van der Waals surface area contributed by atoms with Gasteiger partial charge in [0, 0.05) is 0 Å². The smallest absolute Gasteiger partial charge is 0.295 e. The van der Waals surface area contributed by atoms with Crippen LogP contribution in [0.2, 0.25) is 5.02 Å². The fourth-order valence-electron chi connectivity index (χ4n) is 1.18. The van der Waals surface area contributed by atoms with E-state index in [4.69, 9.17) is 15.8 Å². The van der Waals surface area contributed by atoms with Gasteiger partial charge in [-0.1, -0.05) is 11.6 Å². The van der Waals surface area contributed by atoms with Gasteiger partial charge in [0.05, 0.1) is 18.2 Å². The molecule has 1 aliphatic rings. The minimum atomic E-state index is -4.54. The second-order valence-corrected chi connectivity index (χ2v) is 4.23. The second kappa shape index (κ2) is 4.31. The van der Waals surface area contributed by atoms with Gasteiger partial charge in [-0.2, -0.15) is 13.2 Å². The van der Waals surface area contributed by atoms with Crippen LogP contribution in [0.5, 0.6) is 0 Å². The number of aromatic nitrogens is 1. The Morgan fingerprint density at radius 1 is 1.44 bits per heavy atom. The zero-order valence-electron chi connectivity index (χ0n) is 7.79. The number of anilines is 1. The maximum atomic E-state index is 12.5. The van der Waals surface area contributed by atoms with Gasteiger partial charge >= 0.3 is 6.18 Å². The lowest BCUT2D eigenvalue weighted by atomic mass is 10.3. The molecule has 0 aromatic carbocycles. The van der Waals surface area contributed by atoms with Crippen molar-refractivity contribution in [2.75, 3.05) is 17.5 Å². The van der Waals surface area contributed by atoms with Gasteiger partial charge in [0.15, 0.2) is 5.69 Å². The largest absolute Gasteiger partial charge is 0.434 e. The first-order chi connectivity index (χ1) is 7.48. The van der Waals surface area contributed by atoms with Gasteiger partial charge in [-0.15, -0.1) is 0 Å². The fraction of sp³-hybridized carbons (Fsp3) is 0.375. The first kappa shape index (κ1) is 11.8. The maximum absolute atomic E-state index is 12.5. The average molecular weight is 271 g/mol. The van der Waals surface area contributed by atoms with E-state index >= 15 is 0 Å². The SMILES string of the molecule is FC(F)(F)c1nc(N2CCOS2)ccc1Cl. The standard InChI is InChI=1S/C8H6ClF3N2OS/c9-5-1-2-6(14-3-4-15-16-14)13-7(5)8(10,11)12/h1-2H,3-4H2. The Kier molecular flexibility index (Phi) is 3.18. The predicted octanol–water partition coefficient (Wildman–Crippen LogP) is 3.15. The van der Waals surface area contributed by atoms with E-state index in [-0.39, 0.29) is 5.82 Å². The normalized spacial score (nSPS) is 16.9. The Morgan fingerprint density at radius 3 is 2.75 bits per heavy atom. The van der Waals surface area contributed by atoms with Crippen LogP contribution >= 0.6 is 23.8 Å². The Balaban J connectivity index is 2.35. The minimum Gasteiger partial charge on any atom is -0.295 e. The Morgan fingerprint density at radius 2 is 2.19 bits per heavy atom. The molecule has 8 heteroatoms. The molecular formula is C8H6ClF3N2OS. The molecule has 0 atom stereocenters. The van der Waals surface area contributed by atoms with Crippen LogP contribution in [-0.2, 0) is 10.4 Å². The van der Waals surface area contributed by atoms with Gasteiger partial charge in [-0.25, -0.2) is 4.98 Å². The minimum absolute atomic E-state index is 0.194. The highest BCUT2D eigenvalue weighted by atomic mass is 35.5. The van der Waals surface area contributed by atoms with Crippen molar-refractivity contribution in [1.29, 1.82) is 0 Å². The number of alkyl halides is 3. The van der Waals surface area contributed by atoms with Crippen LogP contribution in [0.4, 0.5) is 19.0 Å². The quantitative estimate of drug-likeness (QED) is 0.578. The lowest BCUT2D eigenvalue weighted by Crippen LogP contribution is -2.16. The molecule has 1 saturated heterocycles. The van der Waals surface area contributed by atoms with E-state index in [1.165, 1.54) is 16.4 Å². The third-order valence-electron chi connectivity index (χ3n) is 1.88. The van der Waals surface area contributed by atoms with Crippen molar-refractivity contribution >= 4 is 29.6 Å². The zero-order chi connectivity index (χ0) is 11.8. The molecule has 1 fully saturated rings. The van der Waals surface area contributed by atoms with E-state index in [1.54, 1.807) is 0 Å². The Hall–Kier alpha value is -0.660. The molecular weight excluding hydrogens is 265 g/mol. The van der Waals surface area contributed by atoms with Crippen LogP contribution in [0.3, 0.4) is 0 Å². The molecule has 0 spiro atoms. The lowest BCUT2D eigenvalue weighted by molar-refractivity contribution is -0.141. The first-order valence-corrected chi connectivity index (χ1v) is 5.37. The summed E-state index contributed by atoms with van der Waals surface area (Å²) in [5.41, 5.74) is -1.07. The van der Waals surface area contributed by atoms with Gasteiger partial charge in [0.25, 0.3) is 0 Å². The lowest BCUT2D eigenvalue weighted by Gasteiger charge is -2.15. The van der Waals surface area contributed by atoms with E-state index in [9.17, 15) is 13.2 Å². The highest BCUT2D eigenvalue weighted by Crippen LogP contribution is 2.35. The molecule has 3 nitrogen and oxygen atoms in total. The van der Waals surface area contributed by atoms with Crippen LogP contribution in [-0.4, -0.2) is 18.1 Å². The van der Waals surface area contributed by atoms with Crippen LogP contribution in [0.25, 0.3) is 0 Å². The van der Waals surface area contributed by atoms with Crippen LogP contribution < -0.4 is 4.31 Å². The summed E-state index contributed by atoms with van der Waals surface area (Å²) in [6.07, 6.45) is -4.54. The molecule has 88 valence electrons. The zero-order valence-corrected chi connectivity index (χ0v) is 9.36. The molecule has 0 aliphatic carbocycles. The number of pyridine rings is 1. The molecule has 2 rings (SSSR count). The molecule has 0 bridgehead atoms. The summed E-state index contributed by atoms with van der Waals surface area (Å²) in [5.74, 6) is 0.194. The van der Waals surface area contributed by atoms with Crippen molar-refractivity contribution < 1.29 is 17.4 Å². The third kappa shape index (κ3) is 2.36. The number of hydrogen-bond donors (Lipinski definition) is 0. The van der Waals surface area contributed by atoms with Gasteiger partial charge in [-0.05, 0) is 12.1 Å². The number of halogens is 4. The van der Waals surface area contributed by atoms with Crippen molar-refractivity contribution in [1.82, 2.24) is 4.98 Å². The fourth-order valence-corrected chi connectivity index (χ4v) is 2.00. The van der Waals surface area contributed by atoms with Crippen LogP contribution in [0, 0.1) is 0 Å². The third-order valence-corrected chi connectivity index (χ3v) is 3.00. The monoisotopic (exact) mass is 270 g/mol. The van der Waals surface area contributed by atoms with E-state index in [1.807, 2.05) is 0 Å². The van der Waals surface area contributed by atoms with Crippen molar-refractivity contribution in [3.63, 3.8) is 0 Å². The molecule has 1 aliphatic heterocycles. The number of rotatable bonds is 1.